The van der Waals surface area contributed by atoms with E-state index >= 15 is 0 Å². The summed E-state index contributed by atoms with van der Waals surface area (Å²) in [5.74, 6) is 1.16. The Morgan fingerprint density at radius 2 is 1.81 bits per heavy atom. The molecule has 0 radical (unpaired) electrons. The van der Waals surface area contributed by atoms with Crippen LogP contribution in [0.1, 0.15) is 20.8 Å². The number of anilines is 1. The second-order valence-electron chi connectivity index (χ2n) is 5.08. The first-order chi connectivity index (χ1) is 7.48. The molecule has 0 fully saturated rings. The summed E-state index contributed by atoms with van der Waals surface area (Å²) in [6, 6.07) is 7.95. The Morgan fingerprint density at radius 1 is 1.19 bits per heavy atom. The van der Waals surface area contributed by atoms with E-state index in [4.69, 9.17) is 11.6 Å². The SMILES string of the molecule is CC(C)(C)C1=NCCN1c1ccc(Cl)cc1. The zero-order chi connectivity index (χ0) is 11.8. The maximum absolute atomic E-state index is 5.90. The number of halogens is 1. The molecule has 0 unspecified atom stereocenters. The molecule has 0 N–H and O–H groups in total. The lowest BCUT2D eigenvalue weighted by Gasteiger charge is -2.29. The monoisotopic (exact) mass is 236 g/mol. The summed E-state index contributed by atoms with van der Waals surface area (Å²) in [6.45, 7) is 8.43. The smallest absolute Gasteiger partial charge is 0.109 e. The van der Waals surface area contributed by atoms with Crippen LogP contribution < -0.4 is 4.90 Å². The number of amidine groups is 1. The molecule has 0 bridgehead atoms. The number of nitrogens with zero attached hydrogens (tertiary/aromatic N) is 2. The molecule has 0 amide bonds. The number of hydrogen-bond donors (Lipinski definition) is 0. The minimum absolute atomic E-state index is 0.0934. The van der Waals surface area contributed by atoms with E-state index in [-0.39, 0.29) is 5.41 Å². The van der Waals surface area contributed by atoms with E-state index in [9.17, 15) is 0 Å². The third-order valence-corrected chi connectivity index (χ3v) is 2.90. The van der Waals surface area contributed by atoms with Gasteiger partial charge in [-0.05, 0) is 24.3 Å². The highest BCUT2D eigenvalue weighted by Gasteiger charge is 2.28. The predicted molar refractivity (Wildman–Crippen MR) is 70.6 cm³/mol. The van der Waals surface area contributed by atoms with Crippen LogP contribution in [0, 0.1) is 5.41 Å². The zero-order valence-corrected chi connectivity index (χ0v) is 10.8. The fourth-order valence-corrected chi connectivity index (χ4v) is 2.09. The maximum atomic E-state index is 5.90. The topological polar surface area (TPSA) is 15.6 Å². The van der Waals surface area contributed by atoms with Gasteiger partial charge in [-0.3, -0.25) is 4.99 Å². The zero-order valence-electron chi connectivity index (χ0n) is 10.00. The molecule has 0 aliphatic carbocycles. The quantitative estimate of drug-likeness (QED) is 0.728. The van der Waals surface area contributed by atoms with Gasteiger partial charge < -0.3 is 4.90 Å². The fourth-order valence-electron chi connectivity index (χ4n) is 1.96. The molecule has 0 saturated carbocycles. The van der Waals surface area contributed by atoms with E-state index < -0.39 is 0 Å². The molecule has 3 heteroatoms. The molecular weight excluding hydrogens is 220 g/mol. The van der Waals surface area contributed by atoms with Crippen LogP contribution in [-0.4, -0.2) is 18.9 Å². The second kappa shape index (κ2) is 4.10. The molecule has 1 aromatic carbocycles. The van der Waals surface area contributed by atoms with Gasteiger partial charge in [0.2, 0.25) is 0 Å². The van der Waals surface area contributed by atoms with Gasteiger partial charge in [-0.2, -0.15) is 0 Å². The minimum Gasteiger partial charge on any atom is -0.328 e. The van der Waals surface area contributed by atoms with Crippen molar-refractivity contribution >= 4 is 23.1 Å². The van der Waals surface area contributed by atoms with E-state index in [0.29, 0.717) is 0 Å². The van der Waals surface area contributed by atoms with E-state index in [2.05, 4.69) is 42.8 Å². The molecule has 0 spiro atoms. The van der Waals surface area contributed by atoms with E-state index in [0.717, 1.165) is 23.9 Å². The normalized spacial score (nSPS) is 16.5. The van der Waals surface area contributed by atoms with Crippen molar-refractivity contribution in [2.45, 2.75) is 20.8 Å². The molecule has 1 aliphatic rings. The van der Waals surface area contributed by atoms with E-state index in [1.807, 2.05) is 12.1 Å². The van der Waals surface area contributed by atoms with Crippen LogP contribution in [0.25, 0.3) is 0 Å². The summed E-state index contributed by atoms with van der Waals surface area (Å²) in [7, 11) is 0. The van der Waals surface area contributed by atoms with Crippen molar-refractivity contribution < 1.29 is 0 Å². The van der Waals surface area contributed by atoms with E-state index in [1.165, 1.54) is 5.69 Å². The third kappa shape index (κ3) is 2.22. The lowest BCUT2D eigenvalue weighted by molar-refractivity contribution is 0.583. The van der Waals surface area contributed by atoms with Crippen LogP contribution in [0.15, 0.2) is 29.3 Å². The molecule has 0 saturated heterocycles. The van der Waals surface area contributed by atoms with Crippen LogP contribution >= 0.6 is 11.6 Å². The Balaban J connectivity index is 2.29. The molecule has 1 aliphatic heterocycles. The molecule has 16 heavy (non-hydrogen) atoms. The van der Waals surface area contributed by atoms with Crippen molar-refractivity contribution in [1.29, 1.82) is 0 Å². The predicted octanol–water partition coefficient (Wildman–Crippen LogP) is 3.60. The summed E-state index contributed by atoms with van der Waals surface area (Å²) in [4.78, 5) is 6.87. The molecule has 2 nitrogen and oxygen atoms in total. The Morgan fingerprint density at radius 3 is 2.38 bits per heavy atom. The Hall–Kier alpha value is -1.02. The molecule has 0 aromatic heterocycles. The molecule has 1 heterocycles. The molecular formula is C13H17ClN2. The van der Waals surface area contributed by atoms with Crippen LogP contribution in [0.4, 0.5) is 5.69 Å². The number of aliphatic imine (C=N–C) groups is 1. The highest BCUT2D eigenvalue weighted by molar-refractivity contribution is 6.30. The molecule has 1 aromatic rings. The number of hydrogen-bond acceptors (Lipinski definition) is 2. The van der Waals surface area contributed by atoms with Gasteiger partial charge >= 0.3 is 0 Å². The fraction of sp³-hybridized carbons (Fsp3) is 0.462. The number of benzene rings is 1. The Bertz CT molecular complexity index is 401. The van der Waals surface area contributed by atoms with E-state index in [1.54, 1.807) is 0 Å². The summed E-state index contributed by atoms with van der Waals surface area (Å²) >= 11 is 5.90. The summed E-state index contributed by atoms with van der Waals surface area (Å²) in [5.41, 5.74) is 1.27. The molecule has 86 valence electrons. The minimum atomic E-state index is 0.0934. The lowest BCUT2D eigenvalue weighted by Crippen LogP contribution is -2.36. The van der Waals surface area contributed by atoms with Gasteiger partial charge in [0.25, 0.3) is 0 Å². The van der Waals surface area contributed by atoms with Gasteiger partial charge in [-0.25, -0.2) is 0 Å². The van der Waals surface area contributed by atoms with Crippen molar-refractivity contribution in [3.8, 4) is 0 Å². The summed E-state index contributed by atoms with van der Waals surface area (Å²) in [5, 5.41) is 0.775. The second-order valence-corrected chi connectivity index (χ2v) is 5.52. The van der Waals surface area contributed by atoms with Crippen molar-refractivity contribution in [3.05, 3.63) is 29.3 Å². The van der Waals surface area contributed by atoms with Crippen molar-refractivity contribution in [1.82, 2.24) is 0 Å². The Kier molecular flexibility index (Phi) is 2.94. The van der Waals surface area contributed by atoms with Gasteiger partial charge in [0.05, 0.1) is 6.54 Å². The van der Waals surface area contributed by atoms with Gasteiger partial charge in [0.1, 0.15) is 5.84 Å². The van der Waals surface area contributed by atoms with Crippen LogP contribution in [0.2, 0.25) is 5.02 Å². The first-order valence-corrected chi connectivity index (χ1v) is 5.94. The van der Waals surface area contributed by atoms with Gasteiger partial charge in [-0.15, -0.1) is 0 Å². The molecule has 2 rings (SSSR count). The van der Waals surface area contributed by atoms with Crippen molar-refractivity contribution in [2.75, 3.05) is 18.0 Å². The summed E-state index contributed by atoms with van der Waals surface area (Å²) < 4.78 is 0. The largest absolute Gasteiger partial charge is 0.328 e. The average Bonchev–Trinajstić information content (AvgIpc) is 2.66. The van der Waals surface area contributed by atoms with Crippen LogP contribution in [0.5, 0.6) is 0 Å². The first kappa shape index (κ1) is 11.5. The number of rotatable bonds is 1. The highest BCUT2D eigenvalue weighted by atomic mass is 35.5. The van der Waals surface area contributed by atoms with Gasteiger partial charge in [0, 0.05) is 22.7 Å². The summed E-state index contributed by atoms with van der Waals surface area (Å²) in [6.07, 6.45) is 0. The van der Waals surface area contributed by atoms with Gasteiger partial charge in [0.15, 0.2) is 0 Å². The van der Waals surface area contributed by atoms with Crippen LogP contribution in [-0.2, 0) is 0 Å². The third-order valence-electron chi connectivity index (χ3n) is 2.65. The van der Waals surface area contributed by atoms with Gasteiger partial charge in [-0.1, -0.05) is 32.4 Å². The standard InChI is InChI=1S/C13H17ClN2/c1-13(2,3)12-15-8-9-16(12)11-6-4-10(14)5-7-11/h4-7H,8-9H2,1-3H3. The van der Waals surface area contributed by atoms with Crippen molar-refractivity contribution in [2.24, 2.45) is 10.4 Å². The first-order valence-electron chi connectivity index (χ1n) is 5.56. The maximum Gasteiger partial charge on any atom is 0.109 e. The van der Waals surface area contributed by atoms with Crippen molar-refractivity contribution in [3.63, 3.8) is 0 Å². The molecule has 0 atom stereocenters. The Labute approximate surface area is 102 Å². The lowest BCUT2D eigenvalue weighted by atomic mass is 9.94. The average molecular weight is 237 g/mol. The van der Waals surface area contributed by atoms with Crippen LogP contribution in [0.3, 0.4) is 0 Å². The highest BCUT2D eigenvalue weighted by Crippen LogP contribution is 2.27.